The molecule has 1 aliphatic heterocycles. The van der Waals surface area contributed by atoms with Gasteiger partial charge in [0.25, 0.3) is 5.89 Å². The van der Waals surface area contributed by atoms with Crippen molar-refractivity contribution >= 4 is 34.2 Å². The van der Waals surface area contributed by atoms with Gasteiger partial charge in [-0.05, 0) is 60.4 Å². The third-order valence-corrected chi connectivity index (χ3v) is 6.30. The molecule has 5 rings (SSSR count). The zero-order valence-electron chi connectivity index (χ0n) is 16.4. The van der Waals surface area contributed by atoms with Gasteiger partial charge in [-0.3, -0.25) is 0 Å². The maximum absolute atomic E-state index is 13.5. The quantitative estimate of drug-likeness (QED) is 0.407. The summed E-state index contributed by atoms with van der Waals surface area (Å²) < 4.78 is 24.7. The van der Waals surface area contributed by atoms with Crippen molar-refractivity contribution in [2.24, 2.45) is 0 Å². The van der Waals surface area contributed by atoms with Gasteiger partial charge in [0.05, 0.1) is 29.3 Å². The van der Waals surface area contributed by atoms with E-state index < -0.39 is 0 Å². The van der Waals surface area contributed by atoms with Gasteiger partial charge in [-0.2, -0.15) is 4.98 Å². The van der Waals surface area contributed by atoms with E-state index in [1.165, 1.54) is 23.5 Å². The zero-order valence-corrected chi connectivity index (χ0v) is 18.0. The van der Waals surface area contributed by atoms with Gasteiger partial charge in [-0.15, -0.1) is 11.3 Å². The summed E-state index contributed by atoms with van der Waals surface area (Å²) in [5.74, 6) is 1.37. The van der Waals surface area contributed by atoms with Crippen LogP contribution in [0.3, 0.4) is 0 Å². The van der Waals surface area contributed by atoms with E-state index in [9.17, 15) is 4.39 Å². The fraction of sp³-hybridized carbons (Fsp3) is 0.136. The Morgan fingerprint density at radius 1 is 1.19 bits per heavy atom. The number of thiophene rings is 1. The van der Waals surface area contributed by atoms with Crippen LogP contribution in [0, 0.1) is 5.82 Å². The van der Waals surface area contributed by atoms with Crippen LogP contribution in [0.1, 0.15) is 30.2 Å². The summed E-state index contributed by atoms with van der Waals surface area (Å²) in [4.78, 5) is 7.49. The molecule has 1 aromatic carbocycles. The van der Waals surface area contributed by atoms with Crippen LogP contribution in [0.5, 0.6) is 0 Å². The second-order valence-electron chi connectivity index (χ2n) is 7.00. The van der Waals surface area contributed by atoms with Crippen LogP contribution < -0.4 is 5.32 Å². The molecular formula is C22H17FN4O2S2. The van der Waals surface area contributed by atoms with Gasteiger partial charge < -0.3 is 19.2 Å². The van der Waals surface area contributed by atoms with Crippen molar-refractivity contribution in [1.29, 1.82) is 0 Å². The Morgan fingerprint density at radius 2 is 2.03 bits per heavy atom. The van der Waals surface area contributed by atoms with E-state index in [1.807, 2.05) is 41.5 Å². The van der Waals surface area contributed by atoms with Crippen LogP contribution in [-0.2, 0) is 6.54 Å². The van der Waals surface area contributed by atoms with Crippen molar-refractivity contribution in [3.05, 3.63) is 88.9 Å². The molecule has 6 nitrogen and oxygen atoms in total. The Labute approximate surface area is 187 Å². The van der Waals surface area contributed by atoms with Crippen molar-refractivity contribution in [3.63, 3.8) is 0 Å². The van der Waals surface area contributed by atoms with Gasteiger partial charge in [0.2, 0.25) is 5.82 Å². The van der Waals surface area contributed by atoms with Gasteiger partial charge >= 0.3 is 0 Å². The Morgan fingerprint density at radius 3 is 2.74 bits per heavy atom. The molecule has 0 saturated carbocycles. The average Bonchev–Trinajstić information content (AvgIpc) is 3.54. The minimum Gasteiger partial charge on any atom is -0.467 e. The number of allylic oxidation sites excluding steroid dienone is 1. The molecule has 0 bridgehead atoms. The molecule has 4 aromatic rings. The lowest BCUT2D eigenvalue weighted by Gasteiger charge is -2.37. The molecule has 9 heteroatoms. The molecule has 156 valence electrons. The molecule has 0 saturated heterocycles. The standard InChI is InChI=1S/C22H17FN4O2S2/c1-13-18(21-25-20(26-29-21)17-5-3-11-31-17)19(14-6-8-15(23)9-7-14)24-22(30)27(13)12-16-4-2-10-28-16/h2-11,19H,12H2,1H3,(H,24,30). The highest BCUT2D eigenvalue weighted by atomic mass is 32.1. The number of thiocarbonyl (C=S) groups is 1. The minimum absolute atomic E-state index is 0.304. The number of nitrogens with zero attached hydrogens (tertiary/aromatic N) is 3. The number of hydrogen-bond donors (Lipinski definition) is 1. The molecule has 0 radical (unpaired) electrons. The monoisotopic (exact) mass is 452 g/mol. The number of halogens is 1. The Kier molecular flexibility index (Phi) is 5.13. The van der Waals surface area contributed by atoms with E-state index in [0.29, 0.717) is 23.4 Å². The summed E-state index contributed by atoms with van der Waals surface area (Å²) in [7, 11) is 0. The van der Waals surface area contributed by atoms with E-state index >= 15 is 0 Å². The summed E-state index contributed by atoms with van der Waals surface area (Å²) in [6, 6.07) is 13.5. The fourth-order valence-electron chi connectivity index (χ4n) is 3.55. The van der Waals surface area contributed by atoms with E-state index in [4.69, 9.17) is 21.2 Å². The minimum atomic E-state index is -0.363. The number of hydrogen-bond acceptors (Lipinski definition) is 6. The van der Waals surface area contributed by atoms with Crippen molar-refractivity contribution in [2.75, 3.05) is 0 Å². The summed E-state index contributed by atoms with van der Waals surface area (Å²) in [6.45, 7) is 2.41. The molecule has 1 unspecified atom stereocenters. The Hall–Kier alpha value is -3.30. The zero-order chi connectivity index (χ0) is 21.4. The number of rotatable bonds is 5. The number of nitrogens with one attached hydrogen (secondary N) is 1. The van der Waals surface area contributed by atoms with Crippen LogP contribution >= 0.6 is 23.6 Å². The summed E-state index contributed by atoms with van der Waals surface area (Å²) in [5, 5.41) is 10.0. The second-order valence-corrected chi connectivity index (χ2v) is 8.33. The molecule has 0 aliphatic carbocycles. The lowest BCUT2D eigenvalue weighted by Crippen LogP contribution is -2.45. The largest absolute Gasteiger partial charge is 0.467 e. The van der Waals surface area contributed by atoms with Crippen molar-refractivity contribution in [1.82, 2.24) is 20.4 Å². The van der Waals surface area contributed by atoms with Gasteiger partial charge in [0.1, 0.15) is 11.6 Å². The fourth-order valence-corrected chi connectivity index (χ4v) is 4.52. The third-order valence-electron chi connectivity index (χ3n) is 5.09. The highest BCUT2D eigenvalue weighted by molar-refractivity contribution is 7.80. The summed E-state index contributed by atoms with van der Waals surface area (Å²) in [6.07, 6.45) is 1.63. The van der Waals surface area contributed by atoms with Gasteiger partial charge in [-0.25, -0.2) is 4.39 Å². The molecule has 31 heavy (non-hydrogen) atoms. The first kappa shape index (κ1) is 19.7. The lowest BCUT2D eigenvalue weighted by atomic mass is 9.94. The van der Waals surface area contributed by atoms with Crippen LogP contribution in [0.15, 0.2) is 74.8 Å². The van der Waals surface area contributed by atoms with Crippen molar-refractivity contribution in [3.8, 4) is 10.7 Å². The first-order chi connectivity index (χ1) is 15.1. The molecule has 1 atom stereocenters. The first-order valence-corrected chi connectivity index (χ1v) is 10.8. The molecular weight excluding hydrogens is 435 g/mol. The van der Waals surface area contributed by atoms with E-state index in [-0.39, 0.29) is 11.9 Å². The van der Waals surface area contributed by atoms with Crippen LogP contribution in [0.4, 0.5) is 4.39 Å². The third kappa shape index (κ3) is 3.77. The Balaban J connectivity index is 1.60. The summed E-state index contributed by atoms with van der Waals surface area (Å²) in [5.41, 5.74) is 2.48. The number of benzene rings is 1. The molecule has 1 aliphatic rings. The molecule has 0 spiro atoms. The summed E-state index contributed by atoms with van der Waals surface area (Å²) >= 11 is 7.19. The van der Waals surface area contributed by atoms with E-state index in [0.717, 1.165) is 27.5 Å². The predicted molar refractivity (Wildman–Crippen MR) is 119 cm³/mol. The first-order valence-electron chi connectivity index (χ1n) is 9.55. The number of aromatic nitrogens is 2. The topological polar surface area (TPSA) is 67.3 Å². The van der Waals surface area contributed by atoms with Crippen LogP contribution in [-0.4, -0.2) is 20.2 Å². The van der Waals surface area contributed by atoms with Gasteiger partial charge in [0, 0.05) is 5.70 Å². The van der Waals surface area contributed by atoms with Crippen molar-refractivity contribution in [2.45, 2.75) is 19.5 Å². The van der Waals surface area contributed by atoms with Gasteiger partial charge in [-0.1, -0.05) is 23.4 Å². The maximum Gasteiger partial charge on any atom is 0.258 e. The maximum atomic E-state index is 13.5. The average molecular weight is 453 g/mol. The smallest absolute Gasteiger partial charge is 0.258 e. The van der Waals surface area contributed by atoms with Gasteiger partial charge in [0.15, 0.2) is 5.11 Å². The van der Waals surface area contributed by atoms with Crippen LogP contribution in [0.2, 0.25) is 0 Å². The SMILES string of the molecule is CC1=C(c2nc(-c3cccs3)no2)C(c2ccc(F)cc2)NC(=S)N1Cc1ccco1. The highest BCUT2D eigenvalue weighted by Crippen LogP contribution is 2.38. The lowest BCUT2D eigenvalue weighted by molar-refractivity contribution is 0.382. The molecule has 0 fully saturated rings. The second kappa shape index (κ2) is 8.09. The van der Waals surface area contributed by atoms with E-state index in [2.05, 4.69) is 15.5 Å². The molecule has 0 amide bonds. The van der Waals surface area contributed by atoms with Crippen LogP contribution in [0.25, 0.3) is 16.3 Å². The Bertz CT molecular complexity index is 1230. The van der Waals surface area contributed by atoms with Crippen molar-refractivity contribution < 1.29 is 13.3 Å². The number of furan rings is 1. The van der Waals surface area contributed by atoms with E-state index in [1.54, 1.807) is 18.4 Å². The molecule has 1 N–H and O–H groups in total. The molecule has 3 aromatic heterocycles. The molecule has 4 heterocycles. The highest BCUT2D eigenvalue weighted by Gasteiger charge is 2.34. The predicted octanol–water partition coefficient (Wildman–Crippen LogP) is 5.39. The normalized spacial score (nSPS) is 16.6.